The molecule has 0 spiro atoms. The third-order valence-electron chi connectivity index (χ3n) is 6.50. The van der Waals surface area contributed by atoms with E-state index in [-0.39, 0.29) is 18.6 Å². The predicted octanol–water partition coefficient (Wildman–Crippen LogP) is 2.62. The van der Waals surface area contributed by atoms with Gasteiger partial charge < -0.3 is 19.5 Å². The highest BCUT2D eigenvalue weighted by Gasteiger charge is 2.45. The van der Waals surface area contributed by atoms with E-state index in [9.17, 15) is 19.8 Å². The van der Waals surface area contributed by atoms with E-state index in [2.05, 4.69) is 4.99 Å². The van der Waals surface area contributed by atoms with Gasteiger partial charge in [-0.25, -0.2) is 9.78 Å². The molecule has 2 N–H and O–H groups in total. The summed E-state index contributed by atoms with van der Waals surface area (Å²) in [7, 11) is 0. The molecule has 2 aromatic heterocycles. The Morgan fingerprint density at radius 3 is 2.88 bits per heavy atom. The molecule has 8 heteroatoms. The topological polar surface area (TPSA) is 114 Å². The van der Waals surface area contributed by atoms with Crippen LogP contribution in [-0.2, 0) is 28.3 Å². The number of esters is 1. The first-order valence-electron chi connectivity index (χ1n) is 11.2. The zero-order chi connectivity index (χ0) is 23.3. The summed E-state index contributed by atoms with van der Waals surface area (Å²) in [6, 6.07) is 9.43. The lowest BCUT2D eigenvalue weighted by atomic mass is 9.86. The van der Waals surface area contributed by atoms with Gasteiger partial charge in [-0.1, -0.05) is 38.5 Å². The highest BCUT2D eigenvalue weighted by atomic mass is 16.6. The van der Waals surface area contributed by atoms with Crippen molar-refractivity contribution in [1.82, 2.24) is 9.55 Å². The number of aliphatic hydroxyl groups excluding tert-OH is 1. The molecule has 0 saturated heterocycles. The first kappa shape index (κ1) is 21.5. The van der Waals surface area contributed by atoms with Crippen molar-refractivity contribution < 1.29 is 19.7 Å². The second kappa shape index (κ2) is 7.90. The summed E-state index contributed by atoms with van der Waals surface area (Å²) in [6.45, 7) is 3.87. The number of ether oxygens (including phenoxy) is 1. The SMILES string of the molecule is CCCC(O)/N=C/c1cccc2cc3c(nc12)-c1cc2c(c(=O)n1C3)COC(=O)[C@]2(O)CC. The molecule has 1 unspecified atom stereocenters. The Labute approximate surface area is 190 Å². The highest BCUT2D eigenvalue weighted by Crippen LogP contribution is 2.38. The van der Waals surface area contributed by atoms with Gasteiger partial charge in [0.15, 0.2) is 5.60 Å². The maximum Gasteiger partial charge on any atom is 0.343 e. The van der Waals surface area contributed by atoms with Crippen molar-refractivity contribution in [2.75, 3.05) is 0 Å². The van der Waals surface area contributed by atoms with E-state index in [1.165, 1.54) is 0 Å². The first-order chi connectivity index (χ1) is 15.9. The Kier molecular flexibility index (Phi) is 5.14. The standard InChI is InChI=1S/C25H25N3O5/c1-3-6-20(29)26-11-15-8-5-7-14-9-16-12-28-19(22(16)27-21(14)15)10-18-17(23(28)30)13-33-24(31)25(18,32)4-2/h5,7-11,20,29,32H,3-4,6,12-13H2,1-2H3/b26-11+/t20?,25-/m0/s1. The van der Waals surface area contributed by atoms with Gasteiger partial charge in [0.25, 0.3) is 5.56 Å². The normalized spacial score (nSPS) is 19.9. The molecule has 0 fully saturated rings. The average molecular weight is 447 g/mol. The molecule has 3 aromatic rings. The lowest BCUT2D eigenvalue weighted by Gasteiger charge is -2.31. The van der Waals surface area contributed by atoms with Crippen LogP contribution >= 0.6 is 0 Å². The lowest BCUT2D eigenvalue weighted by molar-refractivity contribution is -0.172. The molecular weight excluding hydrogens is 422 g/mol. The molecule has 170 valence electrons. The Morgan fingerprint density at radius 2 is 2.12 bits per heavy atom. The number of hydrogen-bond acceptors (Lipinski definition) is 7. The van der Waals surface area contributed by atoms with Crippen LogP contribution in [0.25, 0.3) is 22.3 Å². The van der Waals surface area contributed by atoms with Crippen LogP contribution in [-0.4, -0.2) is 38.2 Å². The smallest absolute Gasteiger partial charge is 0.343 e. The molecule has 1 aromatic carbocycles. The molecule has 5 rings (SSSR count). The minimum Gasteiger partial charge on any atom is -0.458 e. The van der Waals surface area contributed by atoms with Gasteiger partial charge in [-0.05, 0) is 25.0 Å². The number of aliphatic hydroxyl groups is 2. The average Bonchev–Trinajstić information content (AvgIpc) is 3.17. The summed E-state index contributed by atoms with van der Waals surface area (Å²) in [4.78, 5) is 34.7. The van der Waals surface area contributed by atoms with E-state index in [1.54, 1.807) is 23.8 Å². The van der Waals surface area contributed by atoms with Crippen molar-refractivity contribution >= 4 is 23.1 Å². The number of pyridine rings is 2. The Hall–Kier alpha value is -3.36. The van der Waals surface area contributed by atoms with E-state index in [0.717, 1.165) is 22.9 Å². The lowest BCUT2D eigenvalue weighted by Crippen LogP contribution is -2.44. The largest absolute Gasteiger partial charge is 0.458 e. The van der Waals surface area contributed by atoms with Gasteiger partial charge in [-0.2, -0.15) is 0 Å². The minimum atomic E-state index is -1.85. The van der Waals surface area contributed by atoms with Gasteiger partial charge in [0.2, 0.25) is 0 Å². The zero-order valence-corrected chi connectivity index (χ0v) is 18.5. The predicted molar refractivity (Wildman–Crippen MR) is 123 cm³/mol. The molecule has 2 aliphatic heterocycles. The number of carbonyl (C=O) groups excluding carboxylic acids is 1. The van der Waals surface area contributed by atoms with Gasteiger partial charge >= 0.3 is 5.97 Å². The summed E-state index contributed by atoms with van der Waals surface area (Å²) in [5.41, 5.74) is 2.01. The molecule has 0 saturated carbocycles. The molecule has 2 atom stereocenters. The molecule has 2 aliphatic rings. The summed E-state index contributed by atoms with van der Waals surface area (Å²) >= 11 is 0. The van der Waals surface area contributed by atoms with Crippen molar-refractivity contribution in [2.24, 2.45) is 4.99 Å². The number of cyclic esters (lactones) is 1. The van der Waals surface area contributed by atoms with E-state index in [0.29, 0.717) is 41.0 Å². The van der Waals surface area contributed by atoms with E-state index in [1.807, 2.05) is 31.2 Å². The summed E-state index contributed by atoms with van der Waals surface area (Å²) in [6.07, 6.45) is 2.36. The number of aliphatic imine (C=N–C) groups is 1. The van der Waals surface area contributed by atoms with Gasteiger partial charge in [0.05, 0.1) is 29.0 Å². The van der Waals surface area contributed by atoms with E-state index in [4.69, 9.17) is 9.72 Å². The van der Waals surface area contributed by atoms with Crippen LogP contribution in [0.4, 0.5) is 0 Å². The van der Waals surface area contributed by atoms with E-state index >= 15 is 0 Å². The Balaban J connectivity index is 1.68. The number of para-hydroxylation sites is 1. The molecular formula is C25H25N3O5. The number of nitrogens with zero attached hydrogens (tertiary/aromatic N) is 3. The molecule has 0 amide bonds. The molecule has 4 heterocycles. The van der Waals surface area contributed by atoms with Crippen LogP contribution in [0.5, 0.6) is 0 Å². The highest BCUT2D eigenvalue weighted by molar-refractivity contribution is 5.99. The molecule has 0 aliphatic carbocycles. The first-order valence-corrected chi connectivity index (χ1v) is 11.2. The summed E-state index contributed by atoms with van der Waals surface area (Å²) in [5.74, 6) is -0.740. The van der Waals surface area contributed by atoms with Crippen LogP contribution in [0.2, 0.25) is 0 Å². The molecule has 33 heavy (non-hydrogen) atoms. The number of carbonyl (C=O) groups is 1. The minimum absolute atomic E-state index is 0.0977. The van der Waals surface area contributed by atoms with Crippen LogP contribution in [0.1, 0.15) is 55.4 Å². The maximum absolute atomic E-state index is 13.3. The van der Waals surface area contributed by atoms with Gasteiger partial charge in [-0.3, -0.25) is 9.79 Å². The van der Waals surface area contributed by atoms with Gasteiger partial charge in [0.1, 0.15) is 12.8 Å². The summed E-state index contributed by atoms with van der Waals surface area (Å²) < 4.78 is 6.73. The van der Waals surface area contributed by atoms with Crippen LogP contribution in [0, 0.1) is 0 Å². The van der Waals surface area contributed by atoms with Crippen LogP contribution in [0.15, 0.2) is 40.1 Å². The third-order valence-corrected chi connectivity index (χ3v) is 6.50. The number of rotatable bonds is 5. The maximum atomic E-state index is 13.3. The number of benzene rings is 1. The Bertz CT molecular complexity index is 1380. The molecule has 8 nitrogen and oxygen atoms in total. The fraction of sp³-hybridized carbons (Fsp3) is 0.360. The molecule has 0 bridgehead atoms. The quantitative estimate of drug-likeness (QED) is 0.359. The van der Waals surface area contributed by atoms with Crippen molar-refractivity contribution in [3.05, 3.63) is 62.9 Å². The van der Waals surface area contributed by atoms with Crippen LogP contribution < -0.4 is 5.56 Å². The van der Waals surface area contributed by atoms with Gasteiger partial charge in [-0.15, -0.1) is 0 Å². The number of hydrogen-bond donors (Lipinski definition) is 2. The van der Waals surface area contributed by atoms with Gasteiger partial charge in [0, 0.05) is 28.3 Å². The fourth-order valence-electron chi connectivity index (χ4n) is 4.63. The number of fused-ring (bicyclic) bond motifs is 5. The summed E-state index contributed by atoms with van der Waals surface area (Å²) in [5, 5.41) is 21.9. The van der Waals surface area contributed by atoms with Crippen molar-refractivity contribution in [3.63, 3.8) is 0 Å². The molecule has 0 radical (unpaired) electrons. The van der Waals surface area contributed by atoms with E-state index < -0.39 is 17.8 Å². The Morgan fingerprint density at radius 1 is 1.30 bits per heavy atom. The number of aromatic nitrogens is 2. The third kappa shape index (κ3) is 3.29. The fourth-order valence-corrected chi connectivity index (χ4v) is 4.63. The van der Waals surface area contributed by atoms with Crippen LogP contribution in [0.3, 0.4) is 0 Å². The van der Waals surface area contributed by atoms with Crippen molar-refractivity contribution in [1.29, 1.82) is 0 Å². The monoisotopic (exact) mass is 447 g/mol. The van der Waals surface area contributed by atoms with Crippen molar-refractivity contribution in [3.8, 4) is 11.4 Å². The van der Waals surface area contributed by atoms with Crippen molar-refractivity contribution in [2.45, 2.75) is 58.1 Å². The zero-order valence-electron chi connectivity index (χ0n) is 18.5. The second-order valence-corrected chi connectivity index (χ2v) is 8.57. The second-order valence-electron chi connectivity index (χ2n) is 8.57.